The predicted molar refractivity (Wildman–Crippen MR) is 85.6 cm³/mol. The molecular weight excluding hydrogens is 262 g/mol. The van der Waals surface area contributed by atoms with E-state index in [1.807, 2.05) is 73.6 Å². The molecule has 2 aromatic rings. The number of para-hydroxylation sites is 1. The fourth-order valence-corrected chi connectivity index (χ4v) is 2.22. The van der Waals surface area contributed by atoms with Crippen molar-refractivity contribution in [1.29, 1.82) is 0 Å². The molecule has 0 unspecified atom stereocenters. The van der Waals surface area contributed by atoms with Crippen molar-refractivity contribution in [2.24, 2.45) is 0 Å². The second kappa shape index (κ2) is 7.60. The van der Waals surface area contributed by atoms with Gasteiger partial charge < -0.3 is 9.64 Å². The average Bonchev–Trinajstić information content (AvgIpc) is 2.48. The van der Waals surface area contributed by atoms with Crippen LogP contribution in [0.2, 0.25) is 0 Å². The first-order valence-corrected chi connectivity index (χ1v) is 7.05. The van der Waals surface area contributed by atoms with Gasteiger partial charge in [0.05, 0.1) is 6.61 Å². The van der Waals surface area contributed by atoms with E-state index in [2.05, 4.69) is 0 Å². The van der Waals surface area contributed by atoms with Crippen LogP contribution in [0.1, 0.15) is 11.1 Å². The summed E-state index contributed by atoms with van der Waals surface area (Å²) in [4.78, 5) is 14.1. The van der Waals surface area contributed by atoms with Crippen LogP contribution in [0.4, 0.5) is 5.69 Å². The zero-order chi connectivity index (χ0) is 15.1. The highest BCUT2D eigenvalue weighted by molar-refractivity contribution is 5.83. The lowest BCUT2D eigenvalue weighted by Gasteiger charge is -2.16. The molecule has 2 rings (SSSR count). The van der Waals surface area contributed by atoms with Gasteiger partial charge in [-0.05, 0) is 17.2 Å². The summed E-state index contributed by atoms with van der Waals surface area (Å²) in [6.07, 6.45) is 0.406. The van der Waals surface area contributed by atoms with E-state index in [9.17, 15) is 4.79 Å². The van der Waals surface area contributed by atoms with Gasteiger partial charge >= 0.3 is 0 Å². The number of Topliss-reactive ketones (excluding diaryl/α,β-unsaturated/α-hetero) is 1. The van der Waals surface area contributed by atoms with Gasteiger partial charge in [-0.3, -0.25) is 4.79 Å². The minimum absolute atomic E-state index is 0.0974. The van der Waals surface area contributed by atoms with Crippen molar-refractivity contribution in [3.8, 4) is 0 Å². The zero-order valence-corrected chi connectivity index (χ0v) is 12.6. The lowest BCUT2D eigenvalue weighted by atomic mass is 10.1. The molecular formula is C18H21NO2. The highest BCUT2D eigenvalue weighted by Gasteiger charge is 2.09. The van der Waals surface area contributed by atoms with Crippen LogP contribution in [-0.2, 0) is 22.6 Å². The zero-order valence-electron chi connectivity index (χ0n) is 12.6. The van der Waals surface area contributed by atoms with Crippen molar-refractivity contribution in [2.45, 2.75) is 13.0 Å². The maximum atomic E-state index is 12.0. The quantitative estimate of drug-likeness (QED) is 0.782. The number of hydrogen-bond acceptors (Lipinski definition) is 3. The molecule has 3 heteroatoms. The summed E-state index contributed by atoms with van der Waals surface area (Å²) in [5, 5.41) is 0. The van der Waals surface area contributed by atoms with E-state index in [-0.39, 0.29) is 12.4 Å². The molecule has 0 aliphatic carbocycles. The number of rotatable bonds is 7. The highest BCUT2D eigenvalue weighted by atomic mass is 16.5. The molecule has 2 aromatic carbocycles. The Morgan fingerprint density at radius 1 is 1.00 bits per heavy atom. The maximum absolute atomic E-state index is 12.0. The molecule has 0 aliphatic heterocycles. The summed E-state index contributed by atoms with van der Waals surface area (Å²) in [5.74, 6) is 0.0974. The molecule has 0 radical (unpaired) electrons. The van der Waals surface area contributed by atoms with E-state index in [0.29, 0.717) is 13.0 Å². The van der Waals surface area contributed by atoms with Gasteiger partial charge in [0.15, 0.2) is 5.78 Å². The van der Waals surface area contributed by atoms with Crippen LogP contribution in [-0.4, -0.2) is 26.5 Å². The first kappa shape index (κ1) is 15.3. The van der Waals surface area contributed by atoms with Crippen LogP contribution in [0.15, 0.2) is 54.6 Å². The van der Waals surface area contributed by atoms with Crippen LogP contribution in [0.3, 0.4) is 0 Å². The summed E-state index contributed by atoms with van der Waals surface area (Å²) in [6.45, 7) is 0.624. The molecule has 0 aliphatic rings. The van der Waals surface area contributed by atoms with Crippen LogP contribution >= 0.6 is 0 Å². The Hall–Kier alpha value is -2.13. The molecule has 0 bridgehead atoms. The number of ether oxygens (including phenoxy) is 1. The second-order valence-electron chi connectivity index (χ2n) is 5.22. The summed E-state index contributed by atoms with van der Waals surface area (Å²) in [5.41, 5.74) is 3.20. The van der Waals surface area contributed by atoms with Gasteiger partial charge in [-0.15, -0.1) is 0 Å². The summed E-state index contributed by atoms with van der Waals surface area (Å²) >= 11 is 0. The van der Waals surface area contributed by atoms with Gasteiger partial charge in [-0.2, -0.15) is 0 Å². The minimum atomic E-state index is 0.0974. The molecule has 3 nitrogen and oxygen atoms in total. The SMILES string of the molecule is CN(C)c1ccccc1CC(=O)COCc1ccccc1. The van der Waals surface area contributed by atoms with Gasteiger partial charge in [0, 0.05) is 26.2 Å². The average molecular weight is 283 g/mol. The lowest BCUT2D eigenvalue weighted by Crippen LogP contribution is -2.16. The Kier molecular flexibility index (Phi) is 5.52. The van der Waals surface area contributed by atoms with Crippen molar-refractivity contribution < 1.29 is 9.53 Å². The van der Waals surface area contributed by atoms with E-state index >= 15 is 0 Å². The minimum Gasteiger partial charge on any atom is -0.377 e. The van der Waals surface area contributed by atoms with E-state index in [0.717, 1.165) is 16.8 Å². The predicted octanol–water partition coefficient (Wildman–Crippen LogP) is 3.08. The molecule has 0 aromatic heterocycles. The van der Waals surface area contributed by atoms with Gasteiger partial charge in [0.2, 0.25) is 0 Å². The van der Waals surface area contributed by atoms with Crippen LogP contribution < -0.4 is 4.90 Å². The summed E-state index contributed by atoms with van der Waals surface area (Å²) < 4.78 is 5.49. The first-order valence-electron chi connectivity index (χ1n) is 7.05. The van der Waals surface area contributed by atoms with Gasteiger partial charge in [0.25, 0.3) is 0 Å². The van der Waals surface area contributed by atoms with Gasteiger partial charge in [-0.25, -0.2) is 0 Å². The number of carbonyl (C=O) groups excluding carboxylic acids is 1. The van der Waals surface area contributed by atoms with E-state index in [4.69, 9.17) is 4.74 Å². The molecule has 0 N–H and O–H groups in total. The first-order chi connectivity index (χ1) is 10.2. The number of hydrogen-bond donors (Lipinski definition) is 0. The molecule has 0 amide bonds. The number of ketones is 1. The fraction of sp³-hybridized carbons (Fsp3) is 0.278. The fourth-order valence-electron chi connectivity index (χ4n) is 2.22. The van der Waals surface area contributed by atoms with Crippen molar-refractivity contribution >= 4 is 11.5 Å². The monoisotopic (exact) mass is 283 g/mol. The molecule has 0 spiro atoms. The van der Waals surface area contributed by atoms with E-state index in [1.54, 1.807) is 0 Å². The lowest BCUT2D eigenvalue weighted by molar-refractivity contribution is -0.123. The number of benzene rings is 2. The Bertz CT molecular complexity index is 579. The van der Waals surface area contributed by atoms with Crippen molar-refractivity contribution in [3.05, 3.63) is 65.7 Å². The second-order valence-corrected chi connectivity index (χ2v) is 5.22. The van der Waals surface area contributed by atoms with E-state index < -0.39 is 0 Å². The summed E-state index contributed by atoms with van der Waals surface area (Å²) in [7, 11) is 3.96. The molecule has 21 heavy (non-hydrogen) atoms. The number of nitrogens with zero attached hydrogens (tertiary/aromatic N) is 1. The van der Waals surface area contributed by atoms with E-state index in [1.165, 1.54) is 0 Å². The molecule has 0 fully saturated rings. The largest absolute Gasteiger partial charge is 0.377 e. The van der Waals surface area contributed by atoms with Crippen molar-refractivity contribution in [2.75, 3.05) is 25.6 Å². The van der Waals surface area contributed by atoms with Crippen molar-refractivity contribution in [3.63, 3.8) is 0 Å². The molecule has 110 valence electrons. The van der Waals surface area contributed by atoms with Crippen LogP contribution in [0.5, 0.6) is 0 Å². The van der Waals surface area contributed by atoms with Crippen molar-refractivity contribution in [1.82, 2.24) is 0 Å². The third-order valence-electron chi connectivity index (χ3n) is 3.24. The Morgan fingerprint density at radius 3 is 2.38 bits per heavy atom. The Morgan fingerprint density at radius 2 is 1.67 bits per heavy atom. The highest BCUT2D eigenvalue weighted by Crippen LogP contribution is 2.18. The number of anilines is 1. The molecule has 0 atom stereocenters. The Balaban J connectivity index is 1.85. The normalized spacial score (nSPS) is 10.4. The molecule has 0 heterocycles. The Labute approximate surface area is 126 Å². The van der Waals surface area contributed by atoms with Crippen LogP contribution in [0.25, 0.3) is 0 Å². The smallest absolute Gasteiger partial charge is 0.162 e. The topological polar surface area (TPSA) is 29.5 Å². The van der Waals surface area contributed by atoms with Crippen LogP contribution in [0, 0.1) is 0 Å². The molecule has 0 saturated heterocycles. The molecule has 0 saturated carbocycles. The standard InChI is InChI=1S/C18H21NO2/c1-19(2)18-11-7-6-10-16(18)12-17(20)14-21-13-15-8-4-3-5-9-15/h3-11H,12-14H2,1-2H3. The number of carbonyl (C=O) groups is 1. The van der Waals surface area contributed by atoms with Gasteiger partial charge in [0.1, 0.15) is 6.61 Å². The maximum Gasteiger partial charge on any atom is 0.162 e. The van der Waals surface area contributed by atoms with Gasteiger partial charge in [-0.1, -0.05) is 48.5 Å². The third-order valence-corrected chi connectivity index (χ3v) is 3.24. The summed E-state index contributed by atoms with van der Waals surface area (Å²) in [6, 6.07) is 17.8. The third kappa shape index (κ3) is 4.72.